The van der Waals surface area contributed by atoms with Crippen molar-refractivity contribution in [2.24, 2.45) is 0 Å². The van der Waals surface area contributed by atoms with Crippen LogP contribution in [0.1, 0.15) is 52.0 Å². The van der Waals surface area contributed by atoms with Crippen molar-refractivity contribution in [1.82, 2.24) is 5.32 Å². The topological polar surface area (TPSA) is 38.3 Å². The van der Waals surface area contributed by atoms with E-state index in [4.69, 9.17) is 4.74 Å². The number of hydrogen-bond acceptors (Lipinski definition) is 2. The maximum absolute atomic E-state index is 12.7. The standard InChI is InChI=1S/C22H27NO2/c1-6-8-17-14-18(10-12-21(17)25-5)22(24)23-20(7-2)19-11-9-15(3)13-16(19)4/h6,9-14,20H,1,7-8H2,2-5H3,(H,23,24)/t20-/m1/s1. The number of methoxy groups -OCH3 is 1. The van der Waals surface area contributed by atoms with Crippen molar-refractivity contribution in [3.63, 3.8) is 0 Å². The van der Waals surface area contributed by atoms with Crippen LogP contribution >= 0.6 is 0 Å². The fourth-order valence-electron chi connectivity index (χ4n) is 3.09. The highest BCUT2D eigenvalue weighted by atomic mass is 16.5. The van der Waals surface area contributed by atoms with Gasteiger partial charge in [0, 0.05) is 5.56 Å². The summed E-state index contributed by atoms with van der Waals surface area (Å²) >= 11 is 0. The van der Waals surface area contributed by atoms with Crippen molar-refractivity contribution >= 4 is 5.91 Å². The molecular formula is C22H27NO2. The Labute approximate surface area is 150 Å². The molecule has 0 aliphatic heterocycles. The van der Waals surface area contributed by atoms with Crippen LogP contribution in [0.25, 0.3) is 0 Å². The Hall–Kier alpha value is -2.55. The monoisotopic (exact) mass is 337 g/mol. The van der Waals surface area contributed by atoms with Gasteiger partial charge in [-0.1, -0.05) is 36.8 Å². The van der Waals surface area contributed by atoms with E-state index < -0.39 is 0 Å². The molecule has 2 rings (SSSR count). The van der Waals surface area contributed by atoms with Gasteiger partial charge in [0.05, 0.1) is 13.2 Å². The predicted molar refractivity (Wildman–Crippen MR) is 103 cm³/mol. The Bertz CT molecular complexity index is 765. The molecule has 1 atom stereocenters. The molecule has 0 radical (unpaired) electrons. The minimum atomic E-state index is -0.0696. The van der Waals surface area contributed by atoms with E-state index in [-0.39, 0.29) is 11.9 Å². The second kappa shape index (κ2) is 8.52. The molecule has 1 N–H and O–H groups in total. The molecule has 0 unspecified atom stereocenters. The summed E-state index contributed by atoms with van der Waals surface area (Å²) in [6, 6.07) is 11.9. The van der Waals surface area contributed by atoms with Gasteiger partial charge < -0.3 is 10.1 Å². The van der Waals surface area contributed by atoms with Crippen molar-refractivity contribution < 1.29 is 9.53 Å². The third-order valence-electron chi connectivity index (χ3n) is 4.42. The molecule has 3 nitrogen and oxygen atoms in total. The van der Waals surface area contributed by atoms with Crippen LogP contribution in [-0.2, 0) is 6.42 Å². The van der Waals surface area contributed by atoms with Crippen LogP contribution in [0.2, 0.25) is 0 Å². The van der Waals surface area contributed by atoms with Crippen LogP contribution in [0.4, 0.5) is 0 Å². The summed E-state index contributed by atoms with van der Waals surface area (Å²) in [6.07, 6.45) is 3.31. The molecule has 0 aromatic heterocycles. The molecule has 25 heavy (non-hydrogen) atoms. The molecule has 0 saturated carbocycles. The summed E-state index contributed by atoms with van der Waals surface area (Å²) in [5.74, 6) is 0.706. The van der Waals surface area contributed by atoms with E-state index >= 15 is 0 Å². The highest BCUT2D eigenvalue weighted by Gasteiger charge is 2.17. The summed E-state index contributed by atoms with van der Waals surface area (Å²) in [5, 5.41) is 3.16. The lowest BCUT2D eigenvalue weighted by Gasteiger charge is -2.20. The van der Waals surface area contributed by atoms with Crippen LogP contribution in [0.15, 0.2) is 49.1 Å². The smallest absolute Gasteiger partial charge is 0.251 e. The average Bonchev–Trinajstić information content (AvgIpc) is 2.60. The van der Waals surface area contributed by atoms with E-state index in [0.717, 1.165) is 17.7 Å². The zero-order valence-electron chi connectivity index (χ0n) is 15.6. The first-order valence-corrected chi connectivity index (χ1v) is 8.66. The summed E-state index contributed by atoms with van der Waals surface area (Å²) in [4.78, 5) is 12.7. The third kappa shape index (κ3) is 4.50. The van der Waals surface area contributed by atoms with E-state index in [1.165, 1.54) is 16.7 Å². The van der Waals surface area contributed by atoms with Crippen molar-refractivity contribution in [3.8, 4) is 5.75 Å². The van der Waals surface area contributed by atoms with Gasteiger partial charge in [0.25, 0.3) is 5.91 Å². The predicted octanol–water partition coefficient (Wildman–Crippen LogP) is 4.92. The number of carbonyl (C=O) groups is 1. The van der Waals surface area contributed by atoms with E-state index in [1.54, 1.807) is 13.2 Å². The van der Waals surface area contributed by atoms with Crippen molar-refractivity contribution in [2.75, 3.05) is 7.11 Å². The number of allylic oxidation sites excluding steroid dienone is 1. The second-order valence-corrected chi connectivity index (χ2v) is 6.31. The zero-order chi connectivity index (χ0) is 18.4. The lowest BCUT2D eigenvalue weighted by atomic mass is 9.97. The van der Waals surface area contributed by atoms with Crippen LogP contribution in [0, 0.1) is 13.8 Å². The minimum absolute atomic E-state index is 0.00180. The zero-order valence-corrected chi connectivity index (χ0v) is 15.6. The first-order chi connectivity index (χ1) is 12.0. The number of benzene rings is 2. The number of ether oxygens (including phenoxy) is 1. The van der Waals surface area contributed by atoms with Gasteiger partial charge in [-0.15, -0.1) is 6.58 Å². The summed E-state index contributed by atoms with van der Waals surface area (Å²) < 4.78 is 5.35. The lowest BCUT2D eigenvalue weighted by molar-refractivity contribution is 0.0935. The molecule has 0 aliphatic carbocycles. The van der Waals surface area contributed by atoms with Crippen molar-refractivity contribution in [1.29, 1.82) is 0 Å². The van der Waals surface area contributed by atoms with Gasteiger partial charge >= 0.3 is 0 Å². The van der Waals surface area contributed by atoms with Gasteiger partial charge in [-0.25, -0.2) is 0 Å². The van der Waals surface area contributed by atoms with Gasteiger partial charge in [0.2, 0.25) is 0 Å². The van der Waals surface area contributed by atoms with E-state index in [2.05, 4.69) is 50.9 Å². The highest BCUT2D eigenvalue weighted by molar-refractivity contribution is 5.94. The molecule has 1 amide bonds. The fraction of sp³-hybridized carbons (Fsp3) is 0.318. The molecule has 0 saturated heterocycles. The summed E-state index contributed by atoms with van der Waals surface area (Å²) in [7, 11) is 1.63. The quantitative estimate of drug-likeness (QED) is 0.728. The molecule has 0 bridgehead atoms. The van der Waals surface area contributed by atoms with E-state index in [0.29, 0.717) is 12.0 Å². The molecule has 0 fully saturated rings. The summed E-state index contributed by atoms with van der Waals surface area (Å²) in [5.41, 5.74) is 5.20. The molecule has 0 aliphatic rings. The van der Waals surface area contributed by atoms with Crippen molar-refractivity contribution in [2.45, 2.75) is 39.7 Å². The lowest BCUT2D eigenvalue weighted by Crippen LogP contribution is -2.28. The van der Waals surface area contributed by atoms with Gasteiger partial charge in [-0.2, -0.15) is 0 Å². The molecule has 132 valence electrons. The molecule has 0 spiro atoms. The highest BCUT2D eigenvalue weighted by Crippen LogP contribution is 2.24. The number of rotatable bonds is 7. The number of amides is 1. The Morgan fingerprint density at radius 2 is 2.00 bits per heavy atom. The third-order valence-corrected chi connectivity index (χ3v) is 4.42. The first kappa shape index (κ1) is 18.8. The van der Waals surface area contributed by atoms with Crippen LogP contribution < -0.4 is 10.1 Å². The van der Waals surface area contributed by atoms with Crippen LogP contribution in [0.3, 0.4) is 0 Å². The molecular weight excluding hydrogens is 310 g/mol. The first-order valence-electron chi connectivity index (χ1n) is 8.66. The number of carbonyl (C=O) groups excluding carboxylic acids is 1. The summed E-state index contributed by atoms with van der Waals surface area (Å²) in [6.45, 7) is 10.0. The number of hydrogen-bond donors (Lipinski definition) is 1. The van der Waals surface area contributed by atoms with E-state index in [1.807, 2.05) is 18.2 Å². The van der Waals surface area contributed by atoms with Gasteiger partial charge in [0.1, 0.15) is 5.75 Å². The maximum atomic E-state index is 12.7. The van der Waals surface area contributed by atoms with Gasteiger partial charge in [-0.3, -0.25) is 4.79 Å². The molecule has 3 heteroatoms. The van der Waals surface area contributed by atoms with Crippen LogP contribution in [0.5, 0.6) is 5.75 Å². The van der Waals surface area contributed by atoms with E-state index in [9.17, 15) is 4.79 Å². The Morgan fingerprint density at radius 3 is 2.60 bits per heavy atom. The number of nitrogens with one attached hydrogen (secondary N) is 1. The average molecular weight is 337 g/mol. The van der Waals surface area contributed by atoms with Crippen LogP contribution in [-0.4, -0.2) is 13.0 Å². The van der Waals surface area contributed by atoms with Gasteiger partial charge in [0.15, 0.2) is 0 Å². The SMILES string of the molecule is C=CCc1cc(C(=O)N[C@H](CC)c2ccc(C)cc2C)ccc1OC. The fourth-order valence-corrected chi connectivity index (χ4v) is 3.09. The number of aryl methyl sites for hydroxylation is 2. The molecule has 2 aromatic carbocycles. The van der Waals surface area contributed by atoms with Gasteiger partial charge in [-0.05, 0) is 61.6 Å². The Kier molecular flexibility index (Phi) is 6.40. The molecule has 0 heterocycles. The minimum Gasteiger partial charge on any atom is -0.496 e. The Morgan fingerprint density at radius 1 is 1.24 bits per heavy atom. The normalized spacial score (nSPS) is 11.7. The molecule has 2 aromatic rings. The largest absolute Gasteiger partial charge is 0.496 e. The second-order valence-electron chi connectivity index (χ2n) is 6.31. The Balaban J connectivity index is 2.24. The maximum Gasteiger partial charge on any atom is 0.251 e. The van der Waals surface area contributed by atoms with Crippen molar-refractivity contribution in [3.05, 3.63) is 76.9 Å².